The highest BCUT2D eigenvalue weighted by Gasteiger charge is 2.47. The first kappa shape index (κ1) is 12.6. The average molecular weight is 280 g/mol. The molecular weight excluding hydrogens is 264 g/mol. The second-order valence-electron chi connectivity index (χ2n) is 5.29. The van der Waals surface area contributed by atoms with Crippen molar-refractivity contribution >= 4 is 23.2 Å². The summed E-state index contributed by atoms with van der Waals surface area (Å²) in [6.45, 7) is 0. The Morgan fingerprint density at radius 1 is 1.37 bits per heavy atom. The molecule has 1 aliphatic carbocycles. The molecular formula is C13H16N2O3S. The van der Waals surface area contributed by atoms with Gasteiger partial charge in [-0.2, -0.15) is 0 Å². The maximum atomic E-state index is 12.5. The molecule has 3 atom stereocenters. The number of carbonyl (C=O) groups is 2. The van der Waals surface area contributed by atoms with Crippen molar-refractivity contribution in [1.82, 2.24) is 9.88 Å². The second-order valence-corrected chi connectivity index (χ2v) is 6.01. The van der Waals surface area contributed by atoms with Crippen molar-refractivity contribution in [1.29, 1.82) is 0 Å². The van der Waals surface area contributed by atoms with Crippen LogP contribution in [0.15, 0.2) is 10.9 Å². The number of carbonyl (C=O) groups excluding carboxylic acids is 1. The van der Waals surface area contributed by atoms with E-state index < -0.39 is 12.0 Å². The van der Waals surface area contributed by atoms with E-state index in [4.69, 9.17) is 0 Å². The van der Waals surface area contributed by atoms with Crippen molar-refractivity contribution in [3.8, 4) is 0 Å². The third-order valence-electron chi connectivity index (χ3n) is 4.26. The molecule has 0 spiro atoms. The Balaban J connectivity index is 1.90. The predicted octanol–water partition coefficient (Wildman–Crippen LogP) is 2.00. The van der Waals surface area contributed by atoms with Crippen LogP contribution in [0, 0.1) is 5.92 Å². The number of rotatable bonds is 2. The Labute approximate surface area is 115 Å². The third-order valence-corrected chi connectivity index (χ3v) is 4.85. The quantitative estimate of drug-likeness (QED) is 0.899. The molecule has 19 heavy (non-hydrogen) atoms. The fraction of sp³-hybridized carbons (Fsp3) is 0.615. The van der Waals surface area contributed by atoms with Crippen LogP contribution >= 0.6 is 11.3 Å². The summed E-state index contributed by atoms with van der Waals surface area (Å²) in [5.74, 6) is -0.765. The zero-order valence-electron chi connectivity index (χ0n) is 10.5. The number of amides is 1. The van der Waals surface area contributed by atoms with Gasteiger partial charge in [0.25, 0.3) is 5.91 Å². The molecule has 0 bridgehead atoms. The Morgan fingerprint density at radius 2 is 2.16 bits per heavy atom. The number of aromatic nitrogens is 1. The molecule has 2 fully saturated rings. The summed E-state index contributed by atoms with van der Waals surface area (Å²) in [6, 6.07) is -0.591. The van der Waals surface area contributed by atoms with Gasteiger partial charge in [0.15, 0.2) is 0 Å². The zero-order valence-corrected chi connectivity index (χ0v) is 11.3. The van der Waals surface area contributed by atoms with E-state index in [1.807, 2.05) is 0 Å². The molecule has 1 saturated carbocycles. The van der Waals surface area contributed by atoms with Crippen molar-refractivity contribution in [2.75, 3.05) is 0 Å². The number of fused-ring (bicyclic) bond motifs is 1. The van der Waals surface area contributed by atoms with Gasteiger partial charge in [-0.05, 0) is 25.2 Å². The molecule has 1 amide bonds. The largest absolute Gasteiger partial charge is 0.480 e. The summed E-state index contributed by atoms with van der Waals surface area (Å²) in [5, 5.41) is 11.1. The summed E-state index contributed by atoms with van der Waals surface area (Å²) in [7, 11) is 0. The third kappa shape index (κ3) is 2.14. The van der Waals surface area contributed by atoms with E-state index in [9.17, 15) is 14.7 Å². The normalized spacial score (nSPS) is 30.1. The lowest BCUT2D eigenvalue weighted by Crippen LogP contribution is -2.46. The van der Waals surface area contributed by atoms with Crippen LogP contribution in [0.25, 0.3) is 0 Å². The highest BCUT2D eigenvalue weighted by molar-refractivity contribution is 7.07. The van der Waals surface area contributed by atoms with Gasteiger partial charge in [-0.3, -0.25) is 4.79 Å². The van der Waals surface area contributed by atoms with Crippen molar-refractivity contribution in [3.05, 3.63) is 16.6 Å². The van der Waals surface area contributed by atoms with E-state index >= 15 is 0 Å². The maximum Gasteiger partial charge on any atom is 0.326 e. The van der Waals surface area contributed by atoms with Gasteiger partial charge in [-0.15, -0.1) is 11.3 Å². The highest BCUT2D eigenvalue weighted by atomic mass is 32.1. The van der Waals surface area contributed by atoms with Crippen LogP contribution in [0.3, 0.4) is 0 Å². The van der Waals surface area contributed by atoms with E-state index in [0.29, 0.717) is 18.0 Å². The van der Waals surface area contributed by atoms with Crippen LogP contribution in [-0.4, -0.2) is 39.0 Å². The number of hydrogen-bond donors (Lipinski definition) is 1. The minimum atomic E-state index is -0.891. The molecule has 1 aliphatic heterocycles. The summed E-state index contributed by atoms with van der Waals surface area (Å²) in [6.07, 6.45) is 4.77. The molecule has 0 radical (unpaired) electrons. The standard InChI is InChI=1S/C13H16N2O3S/c16-12(9-6-19-7-14-9)15-10-4-2-1-3-8(10)5-11(15)13(17)18/h6-8,10-11H,1-5H2,(H,17,18). The maximum absolute atomic E-state index is 12.5. The summed E-state index contributed by atoms with van der Waals surface area (Å²) in [5.41, 5.74) is 1.99. The van der Waals surface area contributed by atoms with Crippen molar-refractivity contribution in [2.45, 2.75) is 44.2 Å². The van der Waals surface area contributed by atoms with Crippen LogP contribution < -0.4 is 0 Å². The molecule has 2 heterocycles. The average Bonchev–Trinajstić information content (AvgIpc) is 3.05. The Hall–Kier alpha value is -1.43. The number of aliphatic carboxylic acids is 1. The van der Waals surface area contributed by atoms with Gasteiger partial charge in [0.2, 0.25) is 0 Å². The number of carboxylic acid groups (broad SMARTS) is 1. The SMILES string of the molecule is O=C(O)C1CC2CCCCC2N1C(=O)c1cscn1. The second kappa shape index (κ2) is 4.92. The van der Waals surface area contributed by atoms with Crippen LogP contribution in [0.2, 0.25) is 0 Å². The number of carboxylic acids is 1. The fourth-order valence-corrected chi connectivity index (χ4v) is 3.95. The molecule has 1 saturated heterocycles. The van der Waals surface area contributed by atoms with Crippen molar-refractivity contribution in [3.63, 3.8) is 0 Å². The highest BCUT2D eigenvalue weighted by Crippen LogP contribution is 2.40. The molecule has 0 aromatic carbocycles. The Bertz CT molecular complexity index is 488. The van der Waals surface area contributed by atoms with Gasteiger partial charge in [-0.1, -0.05) is 12.8 Å². The lowest BCUT2D eigenvalue weighted by Gasteiger charge is -2.32. The van der Waals surface area contributed by atoms with Gasteiger partial charge in [0.05, 0.1) is 5.51 Å². The molecule has 1 aromatic rings. The van der Waals surface area contributed by atoms with Crippen LogP contribution in [0.1, 0.15) is 42.6 Å². The topological polar surface area (TPSA) is 70.5 Å². The Kier molecular flexibility index (Phi) is 3.26. The zero-order chi connectivity index (χ0) is 13.4. The van der Waals surface area contributed by atoms with E-state index in [0.717, 1.165) is 25.7 Å². The first-order valence-corrected chi connectivity index (χ1v) is 7.56. The van der Waals surface area contributed by atoms with Gasteiger partial charge < -0.3 is 10.0 Å². The molecule has 1 aromatic heterocycles. The monoisotopic (exact) mass is 280 g/mol. The van der Waals surface area contributed by atoms with Crippen LogP contribution in [0.4, 0.5) is 0 Å². The predicted molar refractivity (Wildman–Crippen MR) is 70.1 cm³/mol. The molecule has 6 heteroatoms. The van der Waals surface area contributed by atoms with E-state index in [1.54, 1.807) is 15.8 Å². The summed E-state index contributed by atoms with van der Waals surface area (Å²) in [4.78, 5) is 29.5. The lowest BCUT2D eigenvalue weighted by atomic mass is 9.84. The van der Waals surface area contributed by atoms with Crippen LogP contribution in [0.5, 0.6) is 0 Å². The van der Waals surface area contributed by atoms with Crippen molar-refractivity contribution < 1.29 is 14.7 Å². The first-order chi connectivity index (χ1) is 9.18. The number of hydrogen-bond acceptors (Lipinski definition) is 4. The van der Waals surface area contributed by atoms with Crippen molar-refractivity contribution in [2.24, 2.45) is 5.92 Å². The first-order valence-electron chi connectivity index (χ1n) is 6.62. The summed E-state index contributed by atoms with van der Waals surface area (Å²) < 4.78 is 0. The molecule has 1 N–H and O–H groups in total. The molecule has 5 nitrogen and oxygen atoms in total. The van der Waals surface area contributed by atoms with E-state index in [2.05, 4.69) is 4.98 Å². The minimum Gasteiger partial charge on any atom is -0.480 e. The van der Waals surface area contributed by atoms with E-state index in [1.165, 1.54) is 11.3 Å². The summed E-state index contributed by atoms with van der Waals surface area (Å²) >= 11 is 1.36. The molecule has 3 unspecified atom stereocenters. The molecule has 2 aliphatic rings. The van der Waals surface area contributed by atoms with Gasteiger partial charge in [0, 0.05) is 11.4 Å². The van der Waals surface area contributed by atoms with Crippen LogP contribution in [-0.2, 0) is 4.79 Å². The van der Waals surface area contributed by atoms with E-state index in [-0.39, 0.29) is 11.9 Å². The number of thiazole rings is 1. The van der Waals surface area contributed by atoms with Gasteiger partial charge in [0.1, 0.15) is 11.7 Å². The number of likely N-dealkylation sites (tertiary alicyclic amines) is 1. The number of nitrogens with zero attached hydrogens (tertiary/aromatic N) is 2. The van der Waals surface area contributed by atoms with Gasteiger partial charge in [-0.25, -0.2) is 9.78 Å². The molecule has 102 valence electrons. The lowest BCUT2D eigenvalue weighted by molar-refractivity contribution is -0.141. The molecule has 3 rings (SSSR count). The smallest absolute Gasteiger partial charge is 0.326 e. The fourth-order valence-electron chi connectivity index (χ4n) is 3.42. The van der Waals surface area contributed by atoms with Gasteiger partial charge >= 0.3 is 5.97 Å². The minimum absolute atomic E-state index is 0.0871. The Morgan fingerprint density at radius 3 is 2.84 bits per heavy atom.